The molecular weight excluding hydrogens is 392 g/mol. The van der Waals surface area contributed by atoms with Gasteiger partial charge < -0.3 is 10.1 Å². The fourth-order valence-electron chi connectivity index (χ4n) is 3.43. The van der Waals surface area contributed by atoms with Gasteiger partial charge in [-0.1, -0.05) is 35.9 Å². The van der Waals surface area contributed by atoms with Crippen LogP contribution in [0.25, 0.3) is 5.65 Å². The number of nitrogens with zero attached hydrogens (tertiary/aromatic N) is 3. The Bertz CT molecular complexity index is 1290. The van der Waals surface area contributed by atoms with Gasteiger partial charge in [0.2, 0.25) is 5.91 Å². The van der Waals surface area contributed by atoms with Gasteiger partial charge in [-0.05, 0) is 55.3 Å². The molecule has 4 rings (SSSR count). The molecule has 0 spiro atoms. The summed E-state index contributed by atoms with van der Waals surface area (Å²) in [6.07, 6.45) is 1.93. The second kappa shape index (κ2) is 8.87. The lowest BCUT2D eigenvalue weighted by atomic mass is 10.1. The maximum absolute atomic E-state index is 12.5. The molecular formula is C24H24N4O3. The third-order valence-electron chi connectivity index (χ3n) is 4.95. The normalized spacial score (nSPS) is 10.9. The molecule has 0 bridgehead atoms. The molecule has 0 fully saturated rings. The molecule has 0 atom stereocenters. The number of hydrogen-bond acceptors (Lipinski definition) is 4. The lowest BCUT2D eigenvalue weighted by Gasteiger charge is -2.10. The van der Waals surface area contributed by atoms with Crippen molar-refractivity contribution in [3.63, 3.8) is 0 Å². The summed E-state index contributed by atoms with van der Waals surface area (Å²) in [5.41, 5.74) is 4.17. The molecule has 2 heterocycles. The number of rotatable bonds is 7. The van der Waals surface area contributed by atoms with Crippen molar-refractivity contribution >= 4 is 17.2 Å². The molecule has 7 nitrogen and oxygen atoms in total. The number of amides is 1. The van der Waals surface area contributed by atoms with Gasteiger partial charge in [0.25, 0.3) is 0 Å². The maximum Gasteiger partial charge on any atom is 0.350 e. The molecule has 0 aliphatic carbocycles. The van der Waals surface area contributed by atoms with Crippen molar-refractivity contribution in [3.05, 3.63) is 94.0 Å². The Balaban J connectivity index is 1.36. The Hall–Kier alpha value is -3.87. The van der Waals surface area contributed by atoms with E-state index in [1.54, 1.807) is 18.3 Å². The fourth-order valence-corrected chi connectivity index (χ4v) is 3.43. The molecule has 2 aromatic heterocycles. The highest BCUT2D eigenvalue weighted by molar-refractivity contribution is 5.90. The van der Waals surface area contributed by atoms with Crippen molar-refractivity contribution < 1.29 is 9.53 Å². The number of benzene rings is 2. The van der Waals surface area contributed by atoms with Crippen LogP contribution in [0.2, 0.25) is 0 Å². The van der Waals surface area contributed by atoms with Crippen LogP contribution in [0.1, 0.15) is 23.1 Å². The molecule has 0 radical (unpaired) electrons. The fraction of sp³-hybridized carbons (Fsp3) is 0.208. The number of ether oxygens (including phenoxy) is 1. The molecule has 0 saturated heterocycles. The monoisotopic (exact) mass is 416 g/mol. The van der Waals surface area contributed by atoms with E-state index < -0.39 is 0 Å². The quantitative estimate of drug-likeness (QED) is 0.500. The smallest absolute Gasteiger partial charge is 0.350 e. The van der Waals surface area contributed by atoms with E-state index >= 15 is 0 Å². The van der Waals surface area contributed by atoms with Gasteiger partial charge in [-0.2, -0.15) is 0 Å². The van der Waals surface area contributed by atoms with Gasteiger partial charge in [-0.3, -0.25) is 9.20 Å². The van der Waals surface area contributed by atoms with Crippen LogP contribution in [0.15, 0.2) is 71.7 Å². The first-order valence-corrected chi connectivity index (χ1v) is 10.1. The molecule has 158 valence electrons. The van der Waals surface area contributed by atoms with E-state index in [9.17, 15) is 9.59 Å². The Morgan fingerprint density at radius 3 is 2.74 bits per heavy atom. The SMILES string of the molecule is Cc1ccc(OCCC(=O)Nc2cccc(Cn3nc4ccccn4c3=O)c2)c(C)c1. The Kier molecular flexibility index (Phi) is 5.84. The number of nitrogens with one attached hydrogen (secondary N) is 1. The number of carbonyl (C=O) groups is 1. The highest BCUT2D eigenvalue weighted by Crippen LogP contribution is 2.19. The predicted octanol–water partition coefficient (Wildman–Crippen LogP) is 3.57. The highest BCUT2D eigenvalue weighted by atomic mass is 16.5. The van der Waals surface area contributed by atoms with Crippen molar-refractivity contribution in [2.24, 2.45) is 0 Å². The zero-order chi connectivity index (χ0) is 21.8. The minimum absolute atomic E-state index is 0.133. The standard InChI is InChI=1S/C24H24N4O3/c1-17-9-10-21(18(2)14-17)31-13-11-23(29)25-20-7-5-6-19(15-20)16-28-24(30)27-12-4-3-8-22(27)26-28/h3-10,12,14-15H,11,13,16H2,1-2H3,(H,25,29). The maximum atomic E-state index is 12.5. The van der Waals surface area contributed by atoms with E-state index in [0.29, 0.717) is 24.5 Å². The van der Waals surface area contributed by atoms with Gasteiger partial charge in [0.05, 0.1) is 19.6 Å². The van der Waals surface area contributed by atoms with Crippen LogP contribution in [0, 0.1) is 13.8 Å². The van der Waals surface area contributed by atoms with Crippen molar-refractivity contribution in [2.45, 2.75) is 26.8 Å². The number of aromatic nitrogens is 3. The van der Waals surface area contributed by atoms with Crippen LogP contribution >= 0.6 is 0 Å². The molecule has 1 N–H and O–H groups in total. The van der Waals surface area contributed by atoms with Crippen LogP contribution < -0.4 is 15.7 Å². The molecule has 31 heavy (non-hydrogen) atoms. The molecule has 0 aliphatic heterocycles. The summed E-state index contributed by atoms with van der Waals surface area (Å²) >= 11 is 0. The third kappa shape index (κ3) is 4.83. The lowest BCUT2D eigenvalue weighted by molar-refractivity contribution is -0.116. The molecule has 0 saturated carbocycles. The molecule has 0 unspecified atom stereocenters. The summed E-state index contributed by atoms with van der Waals surface area (Å²) in [6, 6.07) is 18.8. The average molecular weight is 416 g/mol. The van der Waals surface area contributed by atoms with E-state index in [4.69, 9.17) is 4.74 Å². The van der Waals surface area contributed by atoms with Crippen LogP contribution in [-0.2, 0) is 11.3 Å². The van der Waals surface area contributed by atoms with Crippen molar-refractivity contribution in [1.29, 1.82) is 0 Å². The van der Waals surface area contributed by atoms with E-state index in [1.165, 1.54) is 14.6 Å². The number of carbonyl (C=O) groups excluding carboxylic acids is 1. The number of hydrogen-bond donors (Lipinski definition) is 1. The van der Waals surface area contributed by atoms with Crippen LogP contribution in [0.4, 0.5) is 5.69 Å². The molecule has 0 aliphatic rings. The van der Waals surface area contributed by atoms with E-state index in [1.807, 2.05) is 56.3 Å². The second-order valence-corrected chi connectivity index (χ2v) is 7.49. The van der Waals surface area contributed by atoms with Gasteiger partial charge in [0, 0.05) is 11.9 Å². The lowest BCUT2D eigenvalue weighted by Crippen LogP contribution is -2.21. The van der Waals surface area contributed by atoms with Crippen molar-refractivity contribution in [1.82, 2.24) is 14.2 Å². The van der Waals surface area contributed by atoms with Crippen LogP contribution in [-0.4, -0.2) is 26.7 Å². The van der Waals surface area contributed by atoms with Crippen molar-refractivity contribution in [3.8, 4) is 5.75 Å². The number of anilines is 1. The first-order valence-electron chi connectivity index (χ1n) is 10.1. The Morgan fingerprint density at radius 2 is 1.94 bits per heavy atom. The number of fused-ring (bicyclic) bond motifs is 1. The molecule has 4 aromatic rings. The average Bonchev–Trinajstić information content (AvgIpc) is 3.05. The summed E-state index contributed by atoms with van der Waals surface area (Å²) in [7, 11) is 0. The summed E-state index contributed by atoms with van der Waals surface area (Å²) < 4.78 is 8.65. The third-order valence-corrected chi connectivity index (χ3v) is 4.95. The zero-order valence-electron chi connectivity index (χ0n) is 17.5. The first-order chi connectivity index (χ1) is 15.0. The van der Waals surface area contributed by atoms with Gasteiger partial charge in [-0.15, -0.1) is 5.10 Å². The van der Waals surface area contributed by atoms with E-state index in [-0.39, 0.29) is 18.0 Å². The highest BCUT2D eigenvalue weighted by Gasteiger charge is 2.08. The van der Waals surface area contributed by atoms with Gasteiger partial charge in [0.15, 0.2) is 5.65 Å². The first kappa shape index (κ1) is 20.4. The second-order valence-electron chi connectivity index (χ2n) is 7.49. The van der Waals surface area contributed by atoms with Gasteiger partial charge in [-0.25, -0.2) is 9.48 Å². The van der Waals surface area contributed by atoms with E-state index in [2.05, 4.69) is 16.5 Å². The number of aryl methyl sites for hydroxylation is 2. The largest absolute Gasteiger partial charge is 0.493 e. The molecule has 2 aromatic carbocycles. The van der Waals surface area contributed by atoms with Gasteiger partial charge >= 0.3 is 5.69 Å². The minimum atomic E-state index is -0.200. The Morgan fingerprint density at radius 1 is 1.06 bits per heavy atom. The summed E-state index contributed by atoms with van der Waals surface area (Å²) in [4.78, 5) is 24.8. The summed E-state index contributed by atoms with van der Waals surface area (Å²) in [6.45, 7) is 4.64. The van der Waals surface area contributed by atoms with E-state index in [0.717, 1.165) is 16.9 Å². The minimum Gasteiger partial charge on any atom is -0.493 e. The van der Waals surface area contributed by atoms with Gasteiger partial charge in [0.1, 0.15) is 5.75 Å². The topological polar surface area (TPSA) is 77.6 Å². The summed E-state index contributed by atoms with van der Waals surface area (Å²) in [5, 5.41) is 7.23. The molecule has 7 heteroatoms. The van der Waals surface area contributed by atoms with Crippen LogP contribution in [0.3, 0.4) is 0 Å². The Labute approximate surface area is 179 Å². The predicted molar refractivity (Wildman–Crippen MR) is 120 cm³/mol. The number of pyridine rings is 1. The summed E-state index contributed by atoms with van der Waals surface area (Å²) in [5.74, 6) is 0.658. The molecule has 1 amide bonds. The zero-order valence-corrected chi connectivity index (χ0v) is 17.5. The van der Waals surface area contributed by atoms with Crippen LogP contribution in [0.5, 0.6) is 5.75 Å². The van der Waals surface area contributed by atoms with Crippen molar-refractivity contribution in [2.75, 3.05) is 11.9 Å².